The molecule has 14 heavy (non-hydrogen) atoms. The summed E-state index contributed by atoms with van der Waals surface area (Å²) in [5.74, 6) is 0.413. The van der Waals surface area contributed by atoms with Crippen LogP contribution in [0.4, 0.5) is 0 Å². The van der Waals surface area contributed by atoms with Crippen LogP contribution >= 0.6 is 11.3 Å². The molecule has 0 radical (unpaired) electrons. The van der Waals surface area contributed by atoms with Crippen LogP contribution in [0.1, 0.15) is 24.9 Å². The Kier molecular flexibility index (Phi) is 2.48. The minimum absolute atomic E-state index is 0.0224. The summed E-state index contributed by atoms with van der Waals surface area (Å²) >= 11 is 1.59. The Morgan fingerprint density at radius 1 is 1.43 bits per heavy atom. The van der Waals surface area contributed by atoms with Crippen molar-refractivity contribution in [1.29, 1.82) is 0 Å². The van der Waals surface area contributed by atoms with E-state index in [1.165, 1.54) is 0 Å². The molecule has 0 aliphatic rings. The van der Waals surface area contributed by atoms with Crippen molar-refractivity contribution in [3.05, 3.63) is 23.3 Å². The van der Waals surface area contributed by atoms with Gasteiger partial charge in [-0.15, -0.1) is 0 Å². The minimum Gasteiger partial charge on any atom is -0.322 e. The van der Waals surface area contributed by atoms with Gasteiger partial charge in [0.25, 0.3) is 0 Å². The standard InChI is InChI=1S/C10H13N3S/c1-6(2)8(11)10-13-7-4-3-5-12-9(7)14-10/h3-6,8H,11H2,1-2H3. The van der Waals surface area contributed by atoms with Gasteiger partial charge in [-0.05, 0) is 18.1 Å². The molecule has 0 fully saturated rings. The number of fused-ring (bicyclic) bond motifs is 1. The zero-order chi connectivity index (χ0) is 10.1. The van der Waals surface area contributed by atoms with E-state index in [0.29, 0.717) is 5.92 Å². The molecule has 2 aromatic rings. The highest BCUT2D eigenvalue weighted by Crippen LogP contribution is 2.26. The summed E-state index contributed by atoms with van der Waals surface area (Å²) in [5, 5.41) is 0.980. The molecule has 4 heteroatoms. The first-order valence-electron chi connectivity index (χ1n) is 4.65. The van der Waals surface area contributed by atoms with E-state index in [2.05, 4.69) is 23.8 Å². The van der Waals surface area contributed by atoms with Crippen LogP contribution in [-0.2, 0) is 0 Å². The largest absolute Gasteiger partial charge is 0.322 e. The Morgan fingerprint density at radius 3 is 2.86 bits per heavy atom. The van der Waals surface area contributed by atoms with Crippen molar-refractivity contribution in [1.82, 2.24) is 9.97 Å². The van der Waals surface area contributed by atoms with Gasteiger partial charge in [0.05, 0.1) is 6.04 Å². The fourth-order valence-corrected chi connectivity index (χ4v) is 2.30. The lowest BCUT2D eigenvalue weighted by Gasteiger charge is -2.11. The number of hydrogen-bond acceptors (Lipinski definition) is 4. The van der Waals surface area contributed by atoms with Crippen molar-refractivity contribution < 1.29 is 0 Å². The molecule has 0 saturated heterocycles. The van der Waals surface area contributed by atoms with Crippen molar-refractivity contribution in [2.24, 2.45) is 11.7 Å². The maximum absolute atomic E-state index is 6.02. The molecule has 0 bridgehead atoms. The topological polar surface area (TPSA) is 51.8 Å². The Balaban J connectivity index is 2.45. The van der Waals surface area contributed by atoms with Crippen molar-refractivity contribution >= 4 is 21.7 Å². The van der Waals surface area contributed by atoms with E-state index >= 15 is 0 Å². The second-order valence-electron chi connectivity index (χ2n) is 3.65. The van der Waals surface area contributed by atoms with Crippen LogP contribution in [-0.4, -0.2) is 9.97 Å². The number of thiazole rings is 1. The quantitative estimate of drug-likeness (QED) is 0.822. The van der Waals surface area contributed by atoms with Crippen LogP contribution in [0.3, 0.4) is 0 Å². The molecule has 2 N–H and O–H groups in total. The van der Waals surface area contributed by atoms with Gasteiger partial charge in [-0.3, -0.25) is 0 Å². The third-order valence-corrected chi connectivity index (χ3v) is 3.27. The van der Waals surface area contributed by atoms with Gasteiger partial charge in [0.15, 0.2) is 0 Å². The second-order valence-corrected chi connectivity index (χ2v) is 4.66. The van der Waals surface area contributed by atoms with Crippen molar-refractivity contribution in [2.75, 3.05) is 0 Å². The third kappa shape index (κ3) is 1.63. The Hall–Kier alpha value is -1.00. The fourth-order valence-electron chi connectivity index (χ4n) is 1.21. The predicted molar refractivity (Wildman–Crippen MR) is 59.2 cm³/mol. The molecule has 0 spiro atoms. The van der Waals surface area contributed by atoms with E-state index in [1.54, 1.807) is 17.5 Å². The molecular weight excluding hydrogens is 194 g/mol. The second kappa shape index (κ2) is 3.63. The molecule has 0 amide bonds. The fraction of sp³-hybridized carbons (Fsp3) is 0.400. The van der Waals surface area contributed by atoms with E-state index in [-0.39, 0.29) is 6.04 Å². The number of aromatic nitrogens is 2. The highest BCUT2D eigenvalue weighted by atomic mass is 32.1. The molecular formula is C10H13N3S. The molecule has 1 atom stereocenters. The van der Waals surface area contributed by atoms with E-state index in [1.807, 2.05) is 12.1 Å². The summed E-state index contributed by atoms with van der Waals surface area (Å²) in [5.41, 5.74) is 6.97. The van der Waals surface area contributed by atoms with E-state index in [4.69, 9.17) is 5.73 Å². The Bertz CT molecular complexity index is 403. The minimum atomic E-state index is 0.0224. The lowest BCUT2D eigenvalue weighted by Crippen LogP contribution is -2.16. The van der Waals surface area contributed by atoms with Crippen molar-refractivity contribution in [3.8, 4) is 0 Å². The van der Waals surface area contributed by atoms with Crippen LogP contribution in [0.15, 0.2) is 18.3 Å². The summed E-state index contributed by atoms with van der Waals surface area (Å²) in [7, 11) is 0. The summed E-state index contributed by atoms with van der Waals surface area (Å²) < 4.78 is 0. The molecule has 0 aliphatic heterocycles. The maximum Gasteiger partial charge on any atom is 0.143 e. The van der Waals surface area contributed by atoms with Crippen LogP contribution in [0, 0.1) is 5.92 Å². The zero-order valence-electron chi connectivity index (χ0n) is 8.27. The lowest BCUT2D eigenvalue weighted by molar-refractivity contribution is 0.513. The van der Waals surface area contributed by atoms with Crippen LogP contribution in [0.2, 0.25) is 0 Å². The first-order valence-corrected chi connectivity index (χ1v) is 5.47. The van der Waals surface area contributed by atoms with Crippen LogP contribution < -0.4 is 5.73 Å². The summed E-state index contributed by atoms with van der Waals surface area (Å²) in [6.07, 6.45) is 1.78. The molecule has 1 unspecified atom stereocenters. The van der Waals surface area contributed by atoms with Gasteiger partial charge in [0.2, 0.25) is 0 Å². The van der Waals surface area contributed by atoms with Crippen molar-refractivity contribution in [3.63, 3.8) is 0 Å². The van der Waals surface area contributed by atoms with Crippen LogP contribution in [0.5, 0.6) is 0 Å². The summed E-state index contributed by atoms with van der Waals surface area (Å²) in [4.78, 5) is 9.68. The lowest BCUT2D eigenvalue weighted by atomic mass is 10.1. The van der Waals surface area contributed by atoms with Gasteiger partial charge in [0, 0.05) is 6.20 Å². The van der Waals surface area contributed by atoms with Gasteiger partial charge in [-0.25, -0.2) is 9.97 Å². The molecule has 2 rings (SSSR count). The molecule has 2 aromatic heterocycles. The van der Waals surface area contributed by atoms with Crippen molar-refractivity contribution in [2.45, 2.75) is 19.9 Å². The van der Waals surface area contributed by atoms with Gasteiger partial charge in [-0.2, -0.15) is 0 Å². The number of rotatable bonds is 2. The number of hydrogen-bond donors (Lipinski definition) is 1. The van der Waals surface area contributed by atoms with Gasteiger partial charge in [0.1, 0.15) is 15.4 Å². The first kappa shape index (κ1) is 9.55. The number of nitrogens with zero attached hydrogens (tertiary/aromatic N) is 2. The number of pyridine rings is 1. The Labute approximate surface area is 87.0 Å². The van der Waals surface area contributed by atoms with E-state index in [0.717, 1.165) is 15.4 Å². The van der Waals surface area contributed by atoms with E-state index in [9.17, 15) is 0 Å². The van der Waals surface area contributed by atoms with Crippen LogP contribution in [0.25, 0.3) is 10.3 Å². The highest BCUT2D eigenvalue weighted by Gasteiger charge is 2.15. The maximum atomic E-state index is 6.02. The Morgan fingerprint density at radius 2 is 2.21 bits per heavy atom. The summed E-state index contributed by atoms with van der Waals surface area (Å²) in [6, 6.07) is 3.89. The normalized spacial score (nSPS) is 13.7. The molecule has 0 aliphatic carbocycles. The average molecular weight is 207 g/mol. The number of nitrogens with two attached hydrogens (primary N) is 1. The SMILES string of the molecule is CC(C)C(N)c1nc2cccnc2s1. The third-order valence-electron chi connectivity index (χ3n) is 2.19. The smallest absolute Gasteiger partial charge is 0.143 e. The molecule has 2 heterocycles. The monoisotopic (exact) mass is 207 g/mol. The predicted octanol–water partition coefficient (Wildman–Crippen LogP) is 2.35. The highest BCUT2D eigenvalue weighted by molar-refractivity contribution is 7.18. The zero-order valence-corrected chi connectivity index (χ0v) is 9.08. The molecule has 74 valence electrons. The first-order chi connectivity index (χ1) is 6.68. The van der Waals surface area contributed by atoms with Gasteiger partial charge >= 0.3 is 0 Å². The van der Waals surface area contributed by atoms with E-state index < -0.39 is 0 Å². The average Bonchev–Trinajstić information content (AvgIpc) is 2.59. The summed E-state index contributed by atoms with van der Waals surface area (Å²) in [6.45, 7) is 4.20. The molecule has 0 saturated carbocycles. The van der Waals surface area contributed by atoms with Gasteiger partial charge in [-0.1, -0.05) is 25.2 Å². The van der Waals surface area contributed by atoms with Gasteiger partial charge < -0.3 is 5.73 Å². The molecule has 3 nitrogen and oxygen atoms in total. The molecule has 0 aromatic carbocycles.